The van der Waals surface area contributed by atoms with Gasteiger partial charge in [-0.3, -0.25) is 4.79 Å². The Balaban J connectivity index is 0.00000320. The van der Waals surface area contributed by atoms with Gasteiger partial charge in [-0.05, 0) is 25.0 Å². The van der Waals surface area contributed by atoms with Crippen LogP contribution in [-0.4, -0.2) is 83.4 Å². The van der Waals surface area contributed by atoms with Crippen LogP contribution in [-0.2, 0) is 9.53 Å². The van der Waals surface area contributed by atoms with Crippen LogP contribution in [0.15, 0.2) is 29.3 Å². The number of methoxy groups -OCH3 is 1. The minimum Gasteiger partial charge on any atom is -0.495 e. The lowest BCUT2D eigenvalue weighted by Crippen LogP contribution is -2.46. The van der Waals surface area contributed by atoms with Gasteiger partial charge in [-0.1, -0.05) is 12.1 Å². The van der Waals surface area contributed by atoms with E-state index in [2.05, 4.69) is 26.6 Å². The Kier molecular flexibility index (Phi) is 9.96. The summed E-state index contributed by atoms with van der Waals surface area (Å²) in [6, 6.07) is 8.34. The van der Waals surface area contributed by atoms with E-state index in [0.717, 1.165) is 57.1 Å². The van der Waals surface area contributed by atoms with Crippen LogP contribution in [0.3, 0.4) is 0 Å². The number of anilines is 1. The second-order valence-corrected chi connectivity index (χ2v) is 7.81. The summed E-state index contributed by atoms with van der Waals surface area (Å²) in [6.07, 6.45) is 2.05. The second kappa shape index (κ2) is 12.2. The number of rotatable bonds is 7. The number of benzene rings is 1. The topological polar surface area (TPSA) is 78.4 Å². The zero-order valence-electron chi connectivity index (χ0n) is 18.1. The Bertz CT molecular complexity index is 710. The lowest BCUT2D eigenvalue weighted by atomic mass is 10.1. The SMILES string of the molecule is COc1ccccc1N1CCC(NC(=NCC(=O)N(C)C)NCC2CCOC2)C1.I. The minimum absolute atomic E-state index is 0. The first-order chi connectivity index (χ1) is 14.1. The zero-order chi connectivity index (χ0) is 20.6. The van der Waals surface area contributed by atoms with Gasteiger partial charge < -0.3 is 29.9 Å². The third kappa shape index (κ3) is 6.90. The largest absolute Gasteiger partial charge is 0.495 e. The van der Waals surface area contributed by atoms with Gasteiger partial charge in [0.2, 0.25) is 5.91 Å². The van der Waals surface area contributed by atoms with E-state index in [-0.39, 0.29) is 42.5 Å². The first-order valence-electron chi connectivity index (χ1n) is 10.3. The molecule has 1 aromatic rings. The highest BCUT2D eigenvalue weighted by molar-refractivity contribution is 14.0. The summed E-state index contributed by atoms with van der Waals surface area (Å²) in [5.41, 5.74) is 1.11. The molecule has 0 aromatic heterocycles. The number of nitrogens with zero attached hydrogens (tertiary/aromatic N) is 3. The average Bonchev–Trinajstić information content (AvgIpc) is 3.41. The highest BCUT2D eigenvalue weighted by Gasteiger charge is 2.26. The Morgan fingerprint density at radius 1 is 1.33 bits per heavy atom. The number of para-hydroxylation sites is 2. The third-order valence-corrected chi connectivity index (χ3v) is 5.41. The van der Waals surface area contributed by atoms with Gasteiger partial charge in [-0.25, -0.2) is 4.99 Å². The molecule has 2 aliphatic rings. The number of carbonyl (C=O) groups excluding carboxylic acids is 1. The molecule has 1 amide bonds. The summed E-state index contributed by atoms with van der Waals surface area (Å²) in [7, 11) is 5.19. The van der Waals surface area contributed by atoms with Crippen molar-refractivity contribution in [1.82, 2.24) is 15.5 Å². The van der Waals surface area contributed by atoms with Gasteiger partial charge in [0.25, 0.3) is 0 Å². The fourth-order valence-electron chi connectivity index (χ4n) is 3.61. The van der Waals surface area contributed by atoms with Crippen molar-refractivity contribution < 1.29 is 14.3 Å². The fraction of sp³-hybridized carbons (Fsp3) is 0.619. The number of ether oxygens (including phenoxy) is 2. The van der Waals surface area contributed by atoms with Gasteiger partial charge in [0.1, 0.15) is 12.3 Å². The smallest absolute Gasteiger partial charge is 0.243 e. The molecule has 9 heteroatoms. The van der Waals surface area contributed by atoms with Crippen LogP contribution in [0.4, 0.5) is 5.69 Å². The van der Waals surface area contributed by atoms with E-state index < -0.39 is 0 Å². The molecule has 0 saturated carbocycles. The molecule has 2 aliphatic heterocycles. The average molecular weight is 531 g/mol. The highest BCUT2D eigenvalue weighted by atomic mass is 127. The predicted octanol–water partition coefficient (Wildman–Crippen LogP) is 1.55. The first kappa shape index (κ1) is 24.5. The standard InChI is InChI=1S/C21H33N5O3.HI/c1-25(2)20(27)13-23-21(22-12-16-9-11-29-15-16)24-17-8-10-26(14-17)18-6-4-5-7-19(18)28-3;/h4-7,16-17H,8-15H2,1-3H3,(H2,22,23,24);1H. The van der Waals surface area contributed by atoms with Crippen molar-refractivity contribution in [3.63, 3.8) is 0 Å². The number of hydrogen-bond donors (Lipinski definition) is 2. The van der Waals surface area contributed by atoms with E-state index in [1.165, 1.54) is 0 Å². The van der Waals surface area contributed by atoms with Gasteiger partial charge in [0.05, 0.1) is 19.4 Å². The minimum atomic E-state index is -0.0163. The van der Waals surface area contributed by atoms with Crippen LogP contribution in [0.5, 0.6) is 5.75 Å². The van der Waals surface area contributed by atoms with Crippen molar-refractivity contribution >= 4 is 41.5 Å². The zero-order valence-corrected chi connectivity index (χ0v) is 20.4. The van der Waals surface area contributed by atoms with Crippen molar-refractivity contribution in [1.29, 1.82) is 0 Å². The molecule has 1 aromatic carbocycles. The summed E-state index contributed by atoms with van der Waals surface area (Å²) in [6.45, 7) is 4.33. The van der Waals surface area contributed by atoms with Crippen LogP contribution >= 0.6 is 24.0 Å². The highest BCUT2D eigenvalue weighted by Crippen LogP contribution is 2.30. The summed E-state index contributed by atoms with van der Waals surface area (Å²) >= 11 is 0. The molecule has 0 spiro atoms. The van der Waals surface area contributed by atoms with Crippen molar-refractivity contribution in [3.05, 3.63) is 24.3 Å². The van der Waals surface area contributed by atoms with Gasteiger partial charge in [-0.15, -0.1) is 24.0 Å². The molecule has 168 valence electrons. The molecule has 0 aliphatic carbocycles. The van der Waals surface area contributed by atoms with E-state index in [1.807, 2.05) is 18.2 Å². The van der Waals surface area contributed by atoms with E-state index in [9.17, 15) is 4.79 Å². The van der Waals surface area contributed by atoms with Gasteiger partial charge in [0, 0.05) is 52.3 Å². The number of nitrogens with one attached hydrogen (secondary N) is 2. The van der Waals surface area contributed by atoms with Crippen molar-refractivity contribution in [2.75, 3.05) is 65.5 Å². The lowest BCUT2D eigenvalue weighted by Gasteiger charge is -2.22. The molecule has 2 atom stereocenters. The summed E-state index contributed by atoms with van der Waals surface area (Å²) in [5.74, 6) is 2.05. The van der Waals surface area contributed by atoms with E-state index in [0.29, 0.717) is 11.9 Å². The number of hydrogen-bond acceptors (Lipinski definition) is 5. The van der Waals surface area contributed by atoms with Crippen molar-refractivity contribution in [2.45, 2.75) is 18.9 Å². The number of aliphatic imine (C=N–C) groups is 1. The third-order valence-electron chi connectivity index (χ3n) is 5.41. The molecule has 2 saturated heterocycles. The number of guanidine groups is 1. The number of amides is 1. The van der Waals surface area contributed by atoms with Crippen LogP contribution in [0.25, 0.3) is 0 Å². The molecule has 2 fully saturated rings. The van der Waals surface area contributed by atoms with E-state index in [4.69, 9.17) is 9.47 Å². The van der Waals surface area contributed by atoms with Crippen LogP contribution < -0.4 is 20.3 Å². The quantitative estimate of drug-likeness (QED) is 0.316. The predicted molar refractivity (Wildman–Crippen MR) is 130 cm³/mol. The molecule has 2 unspecified atom stereocenters. The van der Waals surface area contributed by atoms with E-state index >= 15 is 0 Å². The van der Waals surface area contributed by atoms with E-state index in [1.54, 1.807) is 26.1 Å². The van der Waals surface area contributed by atoms with Crippen LogP contribution in [0.1, 0.15) is 12.8 Å². The Morgan fingerprint density at radius 2 is 2.13 bits per heavy atom. The molecular formula is C21H34IN5O3. The summed E-state index contributed by atoms with van der Waals surface area (Å²) in [4.78, 5) is 20.4. The maximum Gasteiger partial charge on any atom is 0.243 e. The molecule has 8 nitrogen and oxygen atoms in total. The normalized spacial score (nSPS) is 21.2. The van der Waals surface area contributed by atoms with Gasteiger partial charge >= 0.3 is 0 Å². The first-order valence-corrected chi connectivity index (χ1v) is 10.3. The fourth-order valence-corrected chi connectivity index (χ4v) is 3.61. The molecule has 0 bridgehead atoms. The van der Waals surface area contributed by atoms with Gasteiger partial charge in [-0.2, -0.15) is 0 Å². The molecule has 30 heavy (non-hydrogen) atoms. The van der Waals surface area contributed by atoms with Crippen LogP contribution in [0, 0.1) is 5.92 Å². The summed E-state index contributed by atoms with van der Waals surface area (Å²) < 4.78 is 11.0. The lowest BCUT2D eigenvalue weighted by molar-refractivity contribution is -0.127. The Labute approximate surface area is 196 Å². The molecule has 0 radical (unpaired) electrons. The molecular weight excluding hydrogens is 497 g/mol. The molecule has 2 N–H and O–H groups in total. The summed E-state index contributed by atoms with van der Waals surface area (Å²) in [5, 5.41) is 6.92. The second-order valence-electron chi connectivity index (χ2n) is 7.81. The number of carbonyl (C=O) groups is 1. The number of likely N-dealkylation sites (N-methyl/N-ethyl adjacent to an activating group) is 1. The molecule has 2 heterocycles. The monoisotopic (exact) mass is 531 g/mol. The van der Waals surface area contributed by atoms with Gasteiger partial charge in [0.15, 0.2) is 5.96 Å². The van der Waals surface area contributed by atoms with Crippen molar-refractivity contribution in [3.8, 4) is 5.75 Å². The van der Waals surface area contributed by atoms with Crippen molar-refractivity contribution in [2.24, 2.45) is 10.9 Å². The Morgan fingerprint density at radius 3 is 2.83 bits per heavy atom. The van der Waals surface area contributed by atoms with Crippen LogP contribution in [0.2, 0.25) is 0 Å². The number of halogens is 1. The maximum atomic E-state index is 12.0. The maximum absolute atomic E-state index is 12.0. The Hall–Kier alpha value is -1.75. The molecule has 3 rings (SSSR count).